The largest absolute Gasteiger partial charge is 0.492 e. The molecule has 0 bridgehead atoms. The van der Waals surface area contributed by atoms with Crippen LogP contribution in [0.25, 0.3) is 0 Å². The molecule has 0 amide bonds. The maximum atomic E-state index is 8.83. The van der Waals surface area contributed by atoms with Gasteiger partial charge in [0.1, 0.15) is 12.4 Å². The molecule has 1 unspecified atom stereocenters. The van der Waals surface area contributed by atoms with E-state index in [2.05, 4.69) is 24.8 Å². The standard InChI is InChI=1S/C16H22N2O/c1-13(2)15-6-7-18(12-15)8-9-19-16-5-3-4-14(10-16)11-17/h3-5,10,13,15H,6-9,12H2,1-2H3. The number of benzene rings is 1. The Balaban J connectivity index is 1.74. The molecular weight excluding hydrogens is 236 g/mol. The molecule has 1 fully saturated rings. The van der Waals surface area contributed by atoms with Crippen molar-refractivity contribution in [1.82, 2.24) is 4.90 Å². The number of rotatable bonds is 5. The Morgan fingerprint density at radius 1 is 1.47 bits per heavy atom. The van der Waals surface area contributed by atoms with E-state index in [1.807, 2.05) is 12.1 Å². The van der Waals surface area contributed by atoms with Gasteiger partial charge in [0.15, 0.2) is 0 Å². The van der Waals surface area contributed by atoms with Gasteiger partial charge in [-0.3, -0.25) is 4.90 Å². The average Bonchev–Trinajstić information content (AvgIpc) is 2.88. The second kappa shape index (κ2) is 6.58. The van der Waals surface area contributed by atoms with E-state index in [1.165, 1.54) is 19.5 Å². The van der Waals surface area contributed by atoms with E-state index < -0.39 is 0 Å². The van der Waals surface area contributed by atoms with Gasteiger partial charge in [-0.05, 0) is 43.0 Å². The fourth-order valence-corrected chi connectivity index (χ4v) is 2.56. The molecule has 2 rings (SSSR count). The maximum absolute atomic E-state index is 8.83. The van der Waals surface area contributed by atoms with Gasteiger partial charge >= 0.3 is 0 Å². The number of nitriles is 1. The van der Waals surface area contributed by atoms with Crippen molar-refractivity contribution in [2.24, 2.45) is 11.8 Å². The van der Waals surface area contributed by atoms with Gasteiger partial charge in [0.2, 0.25) is 0 Å². The van der Waals surface area contributed by atoms with Crippen LogP contribution in [-0.2, 0) is 0 Å². The summed E-state index contributed by atoms with van der Waals surface area (Å²) in [7, 11) is 0. The molecule has 0 radical (unpaired) electrons. The van der Waals surface area contributed by atoms with Gasteiger partial charge in [-0.15, -0.1) is 0 Å². The second-order valence-corrected chi connectivity index (χ2v) is 5.58. The molecule has 0 spiro atoms. The van der Waals surface area contributed by atoms with Crippen molar-refractivity contribution < 1.29 is 4.74 Å². The lowest BCUT2D eigenvalue weighted by Crippen LogP contribution is -2.27. The third kappa shape index (κ3) is 3.97. The van der Waals surface area contributed by atoms with Crippen LogP contribution < -0.4 is 4.74 Å². The summed E-state index contributed by atoms with van der Waals surface area (Å²) in [6.07, 6.45) is 1.31. The van der Waals surface area contributed by atoms with Crippen molar-refractivity contribution in [3.63, 3.8) is 0 Å². The van der Waals surface area contributed by atoms with Crippen LogP contribution >= 0.6 is 0 Å². The van der Waals surface area contributed by atoms with E-state index in [4.69, 9.17) is 10.00 Å². The van der Waals surface area contributed by atoms with Crippen molar-refractivity contribution >= 4 is 0 Å². The molecule has 0 saturated carbocycles. The van der Waals surface area contributed by atoms with Gasteiger partial charge in [0.05, 0.1) is 11.6 Å². The Morgan fingerprint density at radius 3 is 3.00 bits per heavy atom. The van der Waals surface area contributed by atoms with Gasteiger partial charge in [-0.1, -0.05) is 19.9 Å². The van der Waals surface area contributed by atoms with Crippen molar-refractivity contribution in [3.05, 3.63) is 29.8 Å². The highest BCUT2D eigenvalue weighted by Gasteiger charge is 2.24. The highest BCUT2D eigenvalue weighted by Crippen LogP contribution is 2.23. The Kier molecular flexibility index (Phi) is 4.81. The van der Waals surface area contributed by atoms with E-state index in [0.717, 1.165) is 24.1 Å². The number of hydrogen-bond acceptors (Lipinski definition) is 3. The molecule has 0 aromatic heterocycles. The first kappa shape index (κ1) is 13.9. The number of nitrogens with zero attached hydrogens (tertiary/aromatic N) is 2. The molecule has 19 heavy (non-hydrogen) atoms. The van der Waals surface area contributed by atoms with E-state index >= 15 is 0 Å². The molecule has 1 heterocycles. The topological polar surface area (TPSA) is 36.3 Å². The average molecular weight is 258 g/mol. The zero-order valence-electron chi connectivity index (χ0n) is 11.8. The predicted octanol–water partition coefficient (Wildman–Crippen LogP) is 2.91. The van der Waals surface area contributed by atoms with Crippen molar-refractivity contribution in [3.8, 4) is 11.8 Å². The van der Waals surface area contributed by atoms with Crippen LogP contribution in [0.15, 0.2) is 24.3 Å². The summed E-state index contributed by atoms with van der Waals surface area (Å²) >= 11 is 0. The Bertz CT molecular complexity index is 450. The third-order valence-corrected chi connectivity index (χ3v) is 3.89. The van der Waals surface area contributed by atoms with Gasteiger partial charge in [-0.2, -0.15) is 5.26 Å². The molecule has 3 heteroatoms. The van der Waals surface area contributed by atoms with E-state index in [-0.39, 0.29) is 0 Å². The molecule has 0 N–H and O–H groups in total. The predicted molar refractivity (Wildman–Crippen MR) is 76.0 cm³/mol. The number of likely N-dealkylation sites (tertiary alicyclic amines) is 1. The van der Waals surface area contributed by atoms with Crippen molar-refractivity contribution in [2.75, 3.05) is 26.2 Å². The monoisotopic (exact) mass is 258 g/mol. The zero-order valence-corrected chi connectivity index (χ0v) is 11.8. The molecule has 1 atom stereocenters. The number of hydrogen-bond donors (Lipinski definition) is 0. The summed E-state index contributed by atoms with van der Waals surface area (Å²) < 4.78 is 5.71. The molecular formula is C16H22N2O. The smallest absolute Gasteiger partial charge is 0.120 e. The van der Waals surface area contributed by atoms with E-state index in [9.17, 15) is 0 Å². The fraction of sp³-hybridized carbons (Fsp3) is 0.562. The minimum Gasteiger partial charge on any atom is -0.492 e. The lowest BCUT2D eigenvalue weighted by atomic mass is 9.95. The molecule has 3 nitrogen and oxygen atoms in total. The summed E-state index contributed by atoms with van der Waals surface area (Å²) in [5.74, 6) is 2.40. The number of ether oxygens (including phenoxy) is 1. The van der Waals surface area contributed by atoms with Crippen LogP contribution in [0, 0.1) is 23.2 Å². The third-order valence-electron chi connectivity index (χ3n) is 3.89. The molecule has 1 aromatic carbocycles. The molecule has 102 valence electrons. The van der Waals surface area contributed by atoms with Crippen LogP contribution in [0.3, 0.4) is 0 Å². The minimum absolute atomic E-state index is 0.651. The summed E-state index contributed by atoms with van der Waals surface area (Å²) in [6.45, 7) is 8.65. The van der Waals surface area contributed by atoms with Crippen LogP contribution in [0.1, 0.15) is 25.8 Å². The van der Waals surface area contributed by atoms with Gasteiger partial charge in [0.25, 0.3) is 0 Å². The molecule has 0 aliphatic carbocycles. The summed E-state index contributed by atoms with van der Waals surface area (Å²) in [6, 6.07) is 9.48. The first-order chi connectivity index (χ1) is 9.19. The Hall–Kier alpha value is -1.53. The minimum atomic E-state index is 0.651. The van der Waals surface area contributed by atoms with E-state index in [0.29, 0.717) is 12.2 Å². The summed E-state index contributed by atoms with van der Waals surface area (Å²) in [4.78, 5) is 2.47. The molecule has 1 aliphatic heterocycles. The van der Waals surface area contributed by atoms with Crippen LogP contribution in [0.5, 0.6) is 5.75 Å². The lowest BCUT2D eigenvalue weighted by molar-refractivity contribution is 0.227. The second-order valence-electron chi connectivity index (χ2n) is 5.58. The molecule has 1 saturated heterocycles. The Labute approximate surface area is 115 Å². The quantitative estimate of drug-likeness (QED) is 0.814. The normalized spacial score (nSPS) is 19.6. The fourth-order valence-electron chi connectivity index (χ4n) is 2.56. The van der Waals surface area contributed by atoms with Gasteiger partial charge in [-0.25, -0.2) is 0 Å². The van der Waals surface area contributed by atoms with Gasteiger partial charge < -0.3 is 4.74 Å². The first-order valence-corrected chi connectivity index (χ1v) is 7.04. The van der Waals surface area contributed by atoms with Crippen molar-refractivity contribution in [1.29, 1.82) is 5.26 Å². The van der Waals surface area contributed by atoms with Crippen LogP contribution in [0.4, 0.5) is 0 Å². The maximum Gasteiger partial charge on any atom is 0.120 e. The summed E-state index contributed by atoms with van der Waals surface area (Å²) in [5.41, 5.74) is 0.651. The highest BCUT2D eigenvalue weighted by atomic mass is 16.5. The van der Waals surface area contributed by atoms with Crippen LogP contribution in [-0.4, -0.2) is 31.1 Å². The van der Waals surface area contributed by atoms with Crippen LogP contribution in [0.2, 0.25) is 0 Å². The lowest BCUT2D eigenvalue weighted by Gasteiger charge is -2.18. The van der Waals surface area contributed by atoms with Gasteiger partial charge in [0, 0.05) is 13.1 Å². The highest BCUT2D eigenvalue weighted by molar-refractivity contribution is 5.36. The summed E-state index contributed by atoms with van der Waals surface area (Å²) in [5, 5.41) is 8.83. The Morgan fingerprint density at radius 2 is 2.32 bits per heavy atom. The van der Waals surface area contributed by atoms with Crippen molar-refractivity contribution in [2.45, 2.75) is 20.3 Å². The molecule has 1 aromatic rings. The molecule has 1 aliphatic rings. The first-order valence-electron chi connectivity index (χ1n) is 7.04. The zero-order chi connectivity index (χ0) is 13.7. The SMILES string of the molecule is CC(C)C1CCN(CCOc2cccc(C#N)c2)C1. The van der Waals surface area contributed by atoms with E-state index in [1.54, 1.807) is 12.1 Å².